The number of aromatic nitrogens is 4. The number of carbonyl (C=O) groups excluding carboxylic acids is 1. The summed E-state index contributed by atoms with van der Waals surface area (Å²) in [5.74, 6) is 0.0750. The molecule has 0 fully saturated rings. The van der Waals surface area contributed by atoms with E-state index >= 15 is 0 Å². The molecule has 2 aromatic heterocycles. The summed E-state index contributed by atoms with van der Waals surface area (Å²) >= 11 is 0. The molecule has 7 heteroatoms. The molecule has 1 amide bonds. The van der Waals surface area contributed by atoms with Crippen molar-refractivity contribution < 1.29 is 4.79 Å². The third kappa shape index (κ3) is 4.13. The molecule has 0 aliphatic rings. The van der Waals surface area contributed by atoms with Crippen LogP contribution in [-0.4, -0.2) is 43.2 Å². The SMILES string of the molecule is CCCN(CCC)C(=O)CCn1cnc2c(cnn2-c2ccc(C)cc2)c1=O. The van der Waals surface area contributed by atoms with Gasteiger partial charge in [0.05, 0.1) is 18.2 Å². The minimum atomic E-state index is -0.173. The molecule has 0 bridgehead atoms. The van der Waals surface area contributed by atoms with Crippen LogP contribution in [0.2, 0.25) is 0 Å². The highest BCUT2D eigenvalue weighted by Gasteiger charge is 2.14. The van der Waals surface area contributed by atoms with E-state index in [1.165, 1.54) is 10.9 Å². The first-order valence-electron chi connectivity index (χ1n) is 9.83. The van der Waals surface area contributed by atoms with Crippen LogP contribution in [0.15, 0.2) is 41.6 Å². The van der Waals surface area contributed by atoms with Crippen molar-refractivity contribution in [1.82, 2.24) is 24.2 Å². The van der Waals surface area contributed by atoms with Crippen molar-refractivity contribution in [3.8, 4) is 5.69 Å². The van der Waals surface area contributed by atoms with Crippen LogP contribution < -0.4 is 5.56 Å². The van der Waals surface area contributed by atoms with E-state index in [9.17, 15) is 9.59 Å². The van der Waals surface area contributed by atoms with Gasteiger partial charge in [0.2, 0.25) is 5.91 Å². The Morgan fingerprint density at radius 1 is 1.11 bits per heavy atom. The Kier molecular flexibility index (Phi) is 6.23. The van der Waals surface area contributed by atoms with E-state index in [1.54, 1.807) is 10.9 Å². The molecule has 148 valence electrons. The van der Waals surface area contributed by atoms with Crippen LogP contribution in [0, 0.1) is 6.92 Å². The van der Waals surface area contributed by atoms with Gasteiger partial charge in [-0.3, -0.25) is 14.2 Å². The molecule has 3 aromatic rings. The fourth-order valence-electron chi connectivity index (χ4n) is 3.26. The molecule has 0 saturated heterocycles. The third-order valence-corrected chi connectivity index (χ3v) is 4.74. The molecule has 0 atom stereocenters. The van der Waals surface area contributed by atoms with Crippen LogP contribution in [0.4, 0.5) is 0 Å². The largest absolute Gasteiger partial charge is 0.343 e. The van der Waals surface area contributed by atoms with Gasteiger partial charge < -0.3 is 4.90 Å². The maximum atomic E-state index is 12.8. The van der Waals surface area contributed by atoms with Crippen molar-refractivity contribution >= 4 is 16.9 Å². The Hall–Kier alpha value is -2.96. The summed E-state index contributed by atoms with van der Waals surface area (Å²) in [6.45, 7) is 7.96. The van der Waals surface area contributed by atoms with E-state index in [-0.39, 0.29) is 11.5 Å². The van der Waals surface area contributed by atoms with Crippen LogP contribution in [0.3, 0.4) is 0 Å². The Balaban J connectivity index is 1.81. The number of carbonyl (C=O) groups is 1. The summed E-state index contributed by atoms with van der Waals surface area (Å²) in [5, 5.41) is 4.79. The first-order chi connectivity index (χ1) is 13.5. The second-order valence-corrected chi connectivity index (χ2v) is 7.00. The van der Waals surface area contributed by atoms with Gasteiger partial charge in [-0.25, -0.2) is 9.67 Å². The third-order valence-electron chi connectivity index (χ3n) is 4.74. The molecule has 0 aliphatic heterocycles. The summed E-state index contributed by atoms with van der Waals surface area (Å²) in [4.78, 5) is 31.6. The second kappa shape index (κ2) is 8.82. The van der Waals surface area contributed by atoms with E-state index in [0.29, 0.717) is 24.0 Å². The molecular formula is C21H27N5O2. The molecule has 0 N–H and O–H groups in total. The lowest BCUT2D eigenvalue weighted by molar-refractivity contribution is -0.131. The van der Waals surface area contributed by atoms with Crippen LogP contribution in [-0.2, 0) is 11.3 Å². The summed E-state index contributed by atoms with van der Waals surface area (Å²) in [7, 11) is 0. The predicted octanol–water partition coefficient (Wildman–Crippen LogP) is 2.93. The minimum Gasteiger partial charge on any atom is -0.343 e. The fourth-order valence-corrected chi connectivity index (χ4v) is 3.26. The highest BCUT2D eigenvalue weighted by molar-refractivity contribution is 5.76. The van der Waals surface area contributed by atoms with Crippen LogP contribution in [0.5, 0.6) is 0 Å². The number of rotatable bonds is 8. The Morgan fingerprint density at radius 2 is 1.79 bits per heavy atom. The molecule has 7 nitrogen and oxygen atoms in total. The van der Waals surface area contributed by atoms with Crippen molar-refractivity contribution in [2.24, 2.45) is 0 Å². The van der Waals surface area contributed by atoms with E-state index in [1.807, 2.05) is 36.1 Å². The van der Waals surface area contributed by atoms with Gasteiger partial charge in [-0.2, -0.15) is 5.10 Å². The van der Waals surface area contributed by atoms with Crippen LogP contribution >= 0.6 is 0 Å². The lowest BCUT2D eigenvalue weighted by Crippen LogP contribution is -2.34. The van der Waals surface area contributed by atoms with Gasteiger partial charge in [0.15, 0.2) is 5.65 Å². The summed E-state index contributed by atoms with van der Waals surface area (Å²) in [6, 6.07) is 7.88. The quantitative estimate of drug-likeness (QED) is 0.601. The lowest BCUT2D eigenvalue weighted by Gasteiger charge is -2.21. The van der Waals surface area contributed by atoms with Gasteiger partial charge in [-0.05, 0) is 31.9 Å². The fraction of sp³-hybridized carbons (Fsp3) is 0.429. The molecule has 0 radical (unpaired) electrons. The maximum Gasteiger partial charge on any atom is 0.264 e. The zero-order chi connectivity index (χ0) is 20.1. The molecular weight excluding hydrogens is 354 g/mol. The Labute approximate surface area is 164 Å². The van der Waals surface area contributed by atoms with Crippen molar-refractivity contribution in [3.05, 3.63) is 52.7 Å². The van der Waals surface area contributed by atoms with Gasteiger partial charge in [0, 0.05) is 26.1 Å². The highest BCUT2D eigenvalue weighted by Crippen LogP contribution is 2.14. The topological polar surface area (TPSA) is 73.0 Å². The van der Waals surface area contributed by atoms with Gasteiger partial charge >= 0.3 is 0 Å². The summed E-state index contributed by atoms with van der Waals surface area (Å²) < 4.78 is 3.16. The van der Waals surface area contributed by atoms with Gasteiger partial charge in [-0.1, -0.05) is 31.5 Å². The molecule has 28 heavy (non-hydrogen) atoms. The first-order valence-corrected chi connectivity index (χ1v) is 9.83. The van der Waals surface area contributed by atoms with Gasteiger partial charge in [0.1, 0.15) is 5.39 Å². The monoisotopic (exact) mass is 381 g/mol. The van der Waals surface area contributed by atoms with E-state index in [2.05, 4.69) is 23.9 Å². The van der Waals surface area contributed by atoms with Gasteiger partial charge in [0.25, 0.3) is 5.56 Å². The molecule has 0 aliphatic carbocycles. The average Bonchev–Trinajstić information content (AvgIpc) is 3.12. The normalized spacial score (nSPS) is 11.1. The van der Waals surface area contributed by atoms with E-state index < -0.39 is 0 Å². The van der Waals surface area contributed by atoms with Crippen molar-refractivity contribution in [1.29, 1.82) is 0 Å². The number of hydrogen-bond donors (Lipinski definition) is 0. The lowest BCUT2D eigenvalue weighted by atomic mass is 10.2. The van der Waals surface area contributed by atoms with Crippen molar-refractivity contribution in [2.45, 2.75) is 46.6 Å². The van der Waals surface area contributed by atoms with Crippen LogP contribution in [0.1, 0.15) is 38.7 Å². The molecule has 0 saturated carbocycles. The predicted molar refractivity (Wildman–Crippen MR) is 110 cm³/mol. The number of hydrogen-bond acceptors (Lipinski definition) is 4. The van der Waals surface area contributed by atoms with E-state index in [4.69, 9.17) is 0 Å². The number of aryl methyl sites for hydroxylation is 2. The molecule has 0 spiro atoms. The molecule has 3 rings (SSSR count). The minimum absolute atomic E-state index is 0.0750. The maximum absolute atomic E-state index is 12.8. The number of nitrogens with zero attached hydrogens (tertiary/aromatic N) is 5. The Morgan fingerprint density at radius 3 is 2.43 bits per heavy atom. The smallest absolute Gasteiger partial charge is 0.264 e. The van der Waals surface area contributed by atoms with E-state index in [0.717, 1.165) is 37.2 Å². The Bertz CT molecular complexity index is 998. The number of amides is 1. The van der Waals surface area contributed by atoms with Crippen LogP contribution in [0.25, 0.3) is 16.7 Å². The molecule has 0 unspecified atom stereocenters. The standard InChI is InChI=1S/C21H27N5O2/c1-4-11-24(12-5-2)19(27)10-13-25-15-22-20-18(21(25)28)14-23-26(20)17-8-6-16(3)7-9-17/h6-9,14-15H,4-5,10-13H2,1-3H3. The first kappa shape index (κ1) is 19.8. The second-order valence-electron chi connectivity index (χ2n) is 7.00. The van der Waals surface area contributed by atoms with Gasteiger partial charge in [-0.15, -0.1) is 0 Å². The van der Waals surface area contributed by atoms with Crippen molar-refractivity contribution in [3.63, 3.8) is 0 Å². The molecule has 2 heterocycles. The average molecular weight is 381 g/mol. The highest BCUT2D eigenvalue weighted by atomic mass is 16.2. The zero-order valence-corrected chi connectivity index (χ0v) is 16.8. The number of benzene rings is 1. The van der Waals surface area contributed by atoms with Crippen molar-refractivity contribution in [2.75, 3.05) is 13.1 Å². The molecule has 1 aromatic carbocycles. The summed E-state index contributed by atoms with van der Waals surface area (Å²) in [5.41, 5.74) is 2.36. The zero-order valence-electron chi connectivity index (χ0n) is 16.8. The number of fused-ring (bicyclic) bond motifs is 1. The summed E-state index contributed by atoms with van der Waals surface area (Å²) in [6.07, 6.45) is 5.20.